The SMILES string of the molecule is CCNCCNc1c(F)cc([N+](=O)[O-])c2cccnc12. The third kappa shape index (κ3) is 2.83. The molecule has 0 saturated heterocycles. The number of hydrogen-bond acceptors (Lipinski definition) is 5. The Morgan fingerprint density at radius 2 is 2.25 bits per heavy atom. The van der Waals surface area contributed by atoms with Crippen LogP contribution in [0.5, 0.6) is 0 Å². The first kappa shape index (κ1) is 14.1. The molecule has 0 saturated carbocycles. The van der Waals surface area contributed by atoms with Crippen LogP contribution in [-0.2, 0) is 0 Å². The lowest BCUT2D eigenvalue weighted by Crippen LogP contribution is -2.22. The van der Waals surface area contributed by atoms with E-state index in [1.807, 2.05) is 6.92 Å². The average molecular weight is 278 g/mol. The second-order valence-corrected chi connectivity index (χ2v) is 4.19. The minimum atomic E-state index is -0.667. The molecule has 20 heavy (non-hydrogen) atoms. The number of halogens is 1. The van der Waals surface area contributed by atoms with Crippen LogP contribution in [0.25, 0.3) is 10.9 Å². The van der Waals surface area contributed by atoms with E-state index in [1.54, 1.807) is 12.1 Å². The summed E-state index contributed by atoms with van der Waals surface area (Å²) in [5.41, 5.74) is 0.197. The van der Waals surface area contributed by atoms with Gasteiger partial charge in [0.2, 0.25) is 0 Å². The molecule has 1 aromatic carbocycles. The van der Waals surface area contributed by atoms with Crippen molar-refractivity contribution in [2.24, 2.45) is 0 Å². The highest BCUT2D eigenvalue weighted by Crippen LogP contribution is 2.32. The van der Waals surface area contributed by atoms with Crippen LogP contribution >= 0.6 is 0 Å². The Hall–Kier alpha value is -2.28. The number of nitrogens with zero attached hydrogens (tertiary/aromatic N) is 2. The van der Waals surface area contributed by atoms with E-state index in [0.717, 1.165) is 12.6 Å². The number of nitrogens with one attached hydrogen (secondary N) is 2. The number of hydrogen-bond donors (Lipinski definition) is 2. The van der Waals surface area contributed by atoms with E-state index >= 15 is 0 Å². The number of non-ortho nitro benzene ring substituents is 1. The molecule has 0 aliphatic heterocycles. The van der Waals surface area contributed by atoms with Crippen LogP contribution in [0.2, 0.25) is 0 Å². The van der Waals surface area contributed by atoms with E-state index in [1.165, 1.54) is 6.20 Å². The molecule has 0 atom stereocenters. The van der Waals surface area contributed by atoms with Crippen LogP contribution in [0.4, 0.5) is 15.8 Å². The third-order valence-electron chi connectivity index (χ3n) is 2.87. The molecule has 0 aliphatic carbocycles. The van der Waals surface area contributed by atoms with E-state index < -0.39 is 10.7 Å². The van der Waals surface area contributed by atoms with Crippen molar-refractivity contribution in [2.45, 2.75) is 6.92 Å². The topological polar surface area (TPSA) is 80.1 Å². The second kappa shape index (κ2) is 6.25. The number of benzene rings is 1. The molecule has 6 nitrogen and oxygen atoms in total. The molecule has 0 amide bonds. The zero-order valence-electron chi connectivity index (χ0n) is 11.0. The molecular formula is C13H15FN4O2. The molecule has 1 heterocycles. The first-order chi connectivity index (χ1) is 9.65. The van der Waals surface area contributed by atoms with E-state index in [9.17, 15) is 14.5 Å². The third-order valence-corrected chi connectivity index (χ3v) is 2.87. The van der Waals surface area contributed by atoms with Crippen LogP contribution in [0.3, 0.4) is 0 Å². The van der Waals surface area contributed by atoms with Gasteiger partial charge in [0.25, 0.3) is 5.69 Å². The Morgan fingerprint density at radius 3 is 2.95 bits per heavy atom. The summed E-state index contributed by atoms with van der Waals surface area (Å²) < 4.78 is 14.0. The highest BCUT2D eigenvalue weighted by molar-refractivity contribution is 5.97. The number of likely N-dealkylation sites (N-methyl/N-ethyl adjacent to an activating group) is 1. The normalized spacial score (nSPS) is 10.7. The summed E-state index contributed by atoms with van der Waals surface area (Å²) in [7, 11) is 0. The Morgan fingerprint density at radius 1 is 1.45 bits per heavy atom. The molecule has 0 unspecified atom stereocenters. The number of anilines is 1. The van der Waals surface area contributed by atoms with Crippen molar-refractivity contribution in [3.63, 3.8) is 0 Å². The fraction of sp³-hybridized carbons (Fsp3) is 0.308. The number of nitro groups is 1. The first-order valence-corrected chi connectivity index (χ1v) is 6.31. The van der Waals surface area contributed by atoms with Gasteiger partial charge in [0, 0.05) is 19.3 Å². The number of pyridine rings is 1. The van der Waals surface area contributed by atoms with Crippen molar-refractivity contribution < 1.29 is 9.31 Å². The maximum Gasteiger partial charge on any atom is 0.281 e. The summed E-state index contributed by atoms with van der Waals surface area (Å²) in [5.74, 6) is -0.667. The van der Waals surface area contributed by atoms with Gasteiger partial charge in [0.15, 0.2) is 5.82 Å². The largest absolute Gasteiger partial charge is 0.380 e. The van der Waals surface area contributed by atoms with Crippen LogP contribution in [0, 0.1) is 15.9 Å². The van der Waals surface area contributed by atoms with Crippen molar-refractivity contribution in [1.82, 2.24) is 10.3 Å². The minimum absolute atomic E-state index is 0.198. The maximum absolute atomic E-state index is 14.0. The van der Waals surface area contributed by atoms with Gasteiger partial charge in [-0.25, -0.2) is 4.39 Å². The lowest BCUT2D eigenvalue weighted by atomic mass is 10.1. The monoisotopic (exact) mass is 278 g/mol. The highest BCUT2D eigenvalue weighted by Gasteiger charge is 2.19. The molecule has 0 fully saturated rings. The molecule has 2 N–H and O–H groups in total. The molecule has 0 aliphatic rings. The van der Waals surface area contributed by atoms with Gasteiger partial charge in [-0.1, -0.05) is 6.92 Å². The van der Waals surface area contributed by atoms with E-state index in [4.69, 9.17) is 0 Å². The Bertz CT molecular complexity index is 633. The molecule has 2 aromatic rings. The fourth-order valence-electron chi connectivity index (χ4n) is 1.97. The lowest BCUT2D eigenvalue weighted by molar-refractivity contribution is -0.383. The van der Waals surface area contributed by atoms with Gasteiger partial charge < -0.3 is 10.6 Å². The Balaban J connectivity index is 2.42. The van der Waals surface area contributed by atoms with Gasteiger partial charge in [-0.05, 0) is 18.7 Å². The number of nitro benzene ring substituents is 1. The van der Waals surface area contributed by atoms with Crippen molar-refractivity contribution in [1.29, 1.82) is 0 Å². The summed E-state index contributed by atoms with van der Waals surface area (Å²) in [6, 6.07) is 4.09. The minimum Gasteiger partial charge on any atom is -0.380 e. The van der Waals surface area contributed by atoms with Gasteiger partial charge in [-0.3, -0.25) is 15.1 Å². The number of aromatic nitrogens is 1. The summed E-state index contributed by atoms with van der Waals surface area (Å²) in [4.78, 5) is 14.4. The Labute approximate surface area is 115 Å². The van der Waals surface area contributed by atoms with Gasteiger partial charge in [-0.15, -0.1) is 0 Å². The summed E-state index contributed by atoms with van der Waals surface area (Å²) in [5, 5.41) is 17.3. The van der Waals surface area contributed by atoms with Gasteiger partial charge in [0.05, 0.1) is 22.1 Å². The zero-order chi connectivity index (χ0) is 14.5. The van der Waals surface area contributed by atoms with Gasteiger partial charge in [0.1, 0.15) is 5.52 Å². The second-order valence-electron chi connectivity index (χ2n) is 4.19. The van der Waals surface area contributed by atoms with Crippen LogP contribution in [-0.4, -0.2) is 29.5 Å². The van der Waals surface area contributed by atoms with Crippen molar-refractivity contribution in [3.05, 3.63) is 40.3 Å². The van der Waals surface area contributed by atoms with Crippen LogP contribution in [0.1, 0.15) is 6.92 Å². The molecular weight excluding hydrogens is 263 g/mol. The quantitative estimate of drug-likeness (QED) is 0.481. The predicted molar refractivity (Wildman–Crippen MR) is 75.4 cm³/mol. The van der Waals surface area contributed by atoms with E-state index in [-0.39, 0.29) is 16.9 Å². The summed E-state index contributed by atoms with van der Waals surface area (Å²) in [6.45, 7) is 3.97. The highest BCUT2D eigenvalue weighted by atomic mass is 19.1. The number of fused-ring (bicyclic) bond motifs is 1. The van der Waals surface area contributed by atoms with Crippen molar-refractivity contribution >= 4 is 22.3 Å². The van der Waals surface area contributed by atoms with Crippen molar-refractivity contribution in [2.75, 3.05) is 25.0 Å². The summed E-state index contributed by atoms with van der Waals surface area (Å²) >= 11 is 0. The lowest BCUT2D eigenvalue weighted by Gasteiger charge is -2.10. The van der Waals surface area contributed by atoms with Gasteiger partial charge >= 0.3 is 0 Å². The van der Waals surface area contributed by atoms with Crippen LogP contribution < -0.4 is 10.6 Å². The average Bonchev–Trinajstić information content (AvgIpc) is 2.44. The molecule has 0 radical (unpaired) electrons. The molecule has 7 heteroatoms. The molecule has 0 bridgehead atoms. The molecule has 2 rings (SSSR count). The van der Waals surface area contributed by atoms with Crippen LogP contribution in [0.15, 0.2) is 24.4 Å². The maximum atomic E-state index is 14.0. The van der Waals surface area contributed by atoms with Gasteiger partial charge in [-0.2, -0.15) is 0 Å². The fourth-order valence-corrected chi connectivity index (χ4v) is 1.97. The molecule has 0 spiro atoms. The molecule has 106 valence electrons. The predicted octanol–water partition coefficient (Wildman–Crippen LogP) is 2.30. The molecule has 1 aromatic heterocycles. The first-order valence-electron chi connectivity index (χ1n) is 6.31. The Kier molecular flexibility index (Phi) is 4.41. The zero-order valence-corrected chi connectivity index (χ0v) is 11.0. The standard InChI is InChI=1S/C13H15FN4O2/c1-2-15-6-7-17-13-10(14)8-11(18(19)20)9-4-3-5-16-12(9)13/h3-5,8,15,17H,2,6-7H2,1H3. The number of rotatable bonds is 6. The van der Waals surface area contributed by atoms with Crippen molar-refractivity contribution in [3.8, 4) is 0 Å². The van der Waals surface area contributed by atoms with E-state index in [2.05, 4.69) is 15.6 Å². The van der Waals surface area contributed by atoms with E-state index in [0.29, 0.717) is 18.5 Å². The summed E-state index contributed by atoms with van der Waals surface area (Å²) in [6.07, 6.45) is 1.49. The smallest absolute Gasteiger partial charge is 0.281 e.